The minimum atomic E-state index is -4.00. The summed E-state index contributed by atoms with van der Waals surface area (Å²) in [5.74, 6) is -1.28. The first-order valence-corrected chi connectivity index (χ1v) is 8.29. The van der Waals surface area contributed by atoms with Crippen molar-refractivity contribution in [1.29, 1.82) is 0 Å². The summed E-state index contributed by atoms with van der Waals surface area (Å²) in [6.07, 6.45) is 2.27. The molecule has 0 saturated carbocycles. The molecule has 1 aromatic heterocycles. The van der Waals surface area contributed by atoms with E-state index in [1.807, 2.05) is 13.8 Å². The van der Waals surface area contributed by atoms with E-state index in [1.165, 1.54) is 6.20 Å². The van der Waals surface area contributed by atoms with Crippen LogP contribution in [0.4, 0.5) is 10.1 Å². The number of sulfonamides is 1. The van der Waals surface area contributed by atoms with Crippen LogP contribution in [0.2, 0.25) is 0 Å². The summed E-state index contributed by atoms with van der Waals surface area (Å²) in [4.78, 5) is -0.347. The molecular weight excluding hydrogens is 309 g/mol. The zero-order chi connectivity index (χ0) is 16.5. The van der Waals surface area contributed by atoms with Gasteiger partial charge in [-0.25, -0.2) is 12.8 Å². The predicted molar refractivity (Wildman–Crippen MR) is 80.8 cm³/mol. The Hall–Kier alpha value is -2.09. The fraction of sp³-hybridized carbons (Fsp3) is 0.357. The Balaban J connectivity index is 2.35. The summed E-state index contributed by atoms with van der Waals surface area (Å²) >= 11 is 0. The van der Waals surface area contributed by atoms with Crippen LogP contribution in [-0.2, 0) is 10.0 Å². The molecule has 1 atom stereocenters. The highest BCUT2D eigenvalue weighted by molar-refractivity contribution is 7.92. The molecule has 0 saturated heterocycles. The number of hydrogen-bond donors (Lipinski definition) is 2. The summed E-state index contributed by atoms with van der Waals surface area (Å²) in [6.45, 7) is 5.73. The Bertz CT molecular complexity index is 766. The first-order chi connectivity index (χ1) is 10.2. The Kier molecular flexibility index (Phi) is 4.41. The molecule has 2 rings (SSSR count). The second-order valence-electron chi connectivity index (χ2n) is 5.10. The van der Waals surface area contributed by atoms with Gasteiger partial charge in [-0.15, -0.1) is 0 Å². The topological polar surface area (TPSA) is 84.2 Å². The third-order valence-corrected chi connectivity index (χ3v) is 4.81. The SMILES string of the molecule is CC[C@H](C)n1ncc(NS(=O)(=O)c2cc(O)cc(F)c2)c1C. The highest BCUT2D eigenvalue weighted by Crippen LogP contribution is 2.24. The Morgan fingerprint density at radius 2 is 2.09 bits per heavy atom. The zero-order valence-electron chi connectivity index (χ0n) is 12.5. The van der Waals surface area contributed by atoms with Gasteiger partial charge in [-0.2, -0.15) is 5.10 Å². The van der Waals surface area contributed by atoms with Gasteiger partial charge in [0.1, 0.15) is 11.6 Å². The molecule has 22 heavy (non-hydrogen) atoms. The van der Waals surface area contributed by atoms with E-state index >= 15 is 0 Å². The van der Waals surface area contributed by atoms with Crippen molar-refractivity contribution in [2.24, 2.45) is 0 Å². The van der Waals surface area contributed by atoms with Gasteiger partial charge in [0.05, 0.1) is 22.5 Å². The number of nitrogens with zero attached hydrogens (tertiary/aromatic N) is 2. The van der Waals surface area contributed by atoms with Crippen LogP contribution >= 0.6 is 0 Å². The molecule has 8 heteroatoms. The van der Waals surface area contributed by atoms with Crippen molar-refractivity contribution >= 4 is 15.7 Å². The summed E-state index contributed by atoms with van der Waals surface area (Å²) < 4.78 is 41.9. The van der Waals surface area contributed by atoms with Gasteiger partial charge in [-0.05, 0) is 26.3 Å². The summed E-state index contributed by atoms with van der Waals surface area (Å²) in [6, 6.07) is 2.80. The monoisotopic (exact) mass is 327 g/mol. The molecule has 0 radical (unpaired) electrons. The summed E-state index contributed by atoms with van der Waals surface area (Å²) in [7, 11) is -4.00. The number of aromatic nitrogens is 2. The van der Waals surface area contributed by atoms with Gasteiger partial charge in [0.2, 0.25) is 0 Å². The van der Waals surface area contributed by atoms with E-state index in [1.54, 1.807) is 11.6 Å². The van der Waals surface area contributed by atoms with E-state index in [2.05, 4.69) is 9.82 Å². The number of phenolic OH excluding ortho intramolecular Hbond substituents is 1. The second kappa shape index (κ2) is 5.96. The van der Waals surface area contributed by atoms with E-state index in [4.69, 9.17) is 0 Å². The summed E-state index contributed by atoms with van der Waals surface area (Å²) in [5.41, 5.74) is 0.989. The first-order valence-electron chi connectivity index (χ1n) is 6.81. The molecule has 0 fully saturated rings. The number of aromatic hydroxyl groups is 1. The third kappa shape index (κ3) is 3.22. The van der Waals surface area contributed by atoms with Crippen molar-refractivity contribution in [1.82, 2.24) is 9.78 Å². The maximum absolute atomic E-state index is 13.3. The van der Waals surface area contributed by atoms with Crippen LogP contribution in [0.5, 0.6) is 5.75 Å². The number of halogens is 1. The number of benzene rings is 1. The quantitative estimate of drug-likeness (QED) is 0.884. The van der Waals surface area contributed by atoms with Crippen molar-refractivity contribution in [2.45, 2.75) is 38.1 Å². The average molecular weight is 327 g/mol. The van der Waals surface area contributed by atoms with Gasteiger partial charge in [0.15, 0.2) is 0 Å². The van der Waals surface area contributed by atoms with Crippen LogP contribution in [0.3, 0.4) is 0 Å². The molecule has 1 heterocycles. The number of hydrogen-bond acceptors (Lipinski definition) is 4. The summed E-state index contributed by atoms with van der Waals surface area (Å²) in [5, 5.41) is 13.5. The standard InChI is InChI=1S/C14H18FN3O3S/c1-4-9(2)18-10(3)14(8-16-18)17-22(20,21)13-6-11(15)5-12(19)7-13/h5-9,17,19H,4H2,1-3H3/t9-/m0/s1. The zero-order valence-corrected chi connectivity index (χ0v) is 13.4. The fourth-order valence-electron chi connectivity index (χ4n) is 2.05. The van der Waals surface area contributed by atoms with E-state index in [0.717, 1.165) is 24.6 Å². The molecular formula is C14H18FN3O3S. The van der Waals surface area contributed by atoms with Crippen LogP contribution in [0.25, 0.3) is 0 Å². The highest BCUT2D eigenvalue weighted by Gasteiger charge is 2.20. The van der Waals surface area contributed by atoms with Gasteiger partial charge < -0.3 is 5.11 Å². The first kappa shape index (κ1) is 16.3. The van der Waals surface area contributed by atoms with E-state index in [-0.39, 0.29) is 10.9 Å². The van der Waals surface area contributed by atoms with E-state index in [0.29, 0.717) is 11.4 Å². The predicted octanol–water partition coefficient (Wildman–Crippen LogP) is 2.81. The van der Waals surface area contributed by atoms with Crippen molar-refractivity contribution in [3.8, 4) is 5.75 Å². The molecule has 2 aromatic rings. The van der Waals surface area contributed by atoms with Gasteiger partial charge in [-0.1, -0.05) is 6.92 Å². The molecule has 0 spiro atoms. The number of anilines is 1. The van der Waals surface area contributed by atoms with Crippen molar-refractivity contribution in [3.63, 3.8) is 0 Å². The van der Waals surface area contributed by atoms with Crippen LogP contribution in [0.15, 0.2) is 29.3 Å². The van der Waals surface area contributed by atoms with Gasteiger partial charge in [-0.3, -0.25) is 9.40 Å². The lowest BCUT2D eigenvalue weighted by atomic mass is 10.2. The molecule has 0 aliphatic carbocycles. The maximum Gasteiger partial charge on any atom is 0.262 e. The molecule has 0 aliphatic heterocycles. The smallest absolute Gasteiger partial charge is 0.262 e. The van der Waals surface area contributed by atoms with Crippen molar-refractivity contribution in [3.05, 3.63) is 35.9 Å². The molecule has 120 valence electrons. The lowest BCUT2D eigenvalue weighted by Gasteiger charge is -2.13. The van der Waals surface area contributed by atoms with Crippen LogP contribution in [-0.4, -0.2) is 23.3 Å². The number of nitrogens with one attached hydrogen (secondary N) is 1. The molecule has 0 bridgehead atoms. The fourth-order valence-corrected chi connectivity index (χ4v) is 3.20. The average Bonchev–Trinajstić information content (AvgIpc) is 2.78. The Morgan fingerprint density at radius 3 is 2.68 bits per heavy atom. The van der Waals surface area contributed by atoms with Crippen LogP contribution in [0.1, 0.15) is 32.0 Å². The molecule has 0 unspecified atom stereocenters. The molecule has 2 N–H and O–H groups in total. The second-order valence-corrected chi connectivity index (χ2v) is 6.78. The molecule has 1 aromatic carbocycles. The van der Waals surface area contributed by atoms with Crippen LogP contribution < -0.4 is 4.72 Å². The maximum atomic E-state index is 13.3. The molecule has 0 aliphatic rings. The minimum Gasteiger partial charge on any atom is -0.508 e. The van der Waals surface area contributed by atoms with Crippen molar-refractivity contribution < 1.29 is 17.9 Å². The Labute approximate surface area is 128 Å². The van der Waals surface area contributed by atoms with E-state index < -0.39 is 21.6 Å². The molecule has 0 amide bonds. The van der Waals surface area contributed by atoms with E-state index in [9.17, 15) is 17.9 Å². The number of phenols is 1. The Morgan fingerprint density at radius 1 is 1.41 bits per heavy atom. The number of rotatable bonds is 5. The van der Waals surface area contributed by atoms with Crippen molar-refractivity contribution in [2.75, 3.05) is 4.72 Å². The van der Waals surface area contributed by atoms with Gasteiger partial charge in [0, 0.05) is 18.2 Å². The van der Waals surface area contributed by atoms with Gasteiger partial charge >= 0.3 is 0 Å². The third-order valence-electron chi connectivity index (χ3n) is 3.46. The minimum absolute atomic E-state index is 0.136. The van der Waals surface area contributed by atoms with Gasteiger partial charge in [0.25, 0.3) is 10.0 Å². The lowest BCUT2D eigenvalue weighted by Crippen LogP contribution is -2.14. The highest BCUT2D eigenvalue weighted by atomic mass is 32.2. The largest absolute Gasteiger partial charge is 0.508 e. The lowest BCUT2D eigenvalue weighted by molar-refractivity contribution is 0.466. The molecule has 6 nitrogen and oxygen atoms in total. The normalized spacial score (nSPS) is 13.1. The van der Waals surface area contributed by atoms with Crippen LogP contribution in [0, 0.1) is 12.7 Å².